The number of anilines is 1. The molecule has 0 saturated carbocycles. The van der Waals surface area contributed by atoms with Gasteiger partial charge in [-0.25, -0.2) is 4.79 Å². The van der Waals surface area contributed by atoms with E-state index in [1.54, 1.807) is 0 Å². The van der Waals surface area contributed by atoms with Crippen LogP contribution in [0.4, 0.5) is 5.69 Å². The molecule has 0 bridgehead atoms. The summed E-state index contributed by atoms with van der Waals surface area (Å²) < 4.78 is 8.14. The maximum Gasteiger partial charge on any atom is 0.331 e. The van der Waals surface area contributed by atoms with Gasteiger partial charge < -0.3 is 10.5 Å². The third kappa shape index (κ3) is 4.24. The first-order valence-corrected chi connectivity index (χ1v) is 6.50. The van der Waals surface area contributed by atoms with E-state index in [9.17, 15) is 9.59 Å². The summed E-state index contributed by atoms with van der Waals surface area (Å²) >= 11 is 0. The highest BCUT2D eigenvalue weighted by atomic mass is 16.5. The summed E-state index contributed by atoms with van der Waals surface area (Å²) in [7, 11) is 0. The Morgan fingerprint density at radius 2 is 1.89 bits per heavy atom. The van der Waals surface area contributed by atoms with Crippen molar-refractivity contribution in [2.45, 2.75) is 52.8 Å². The zero-order valence-electron chi connectivity index (χ0n) is 12.1. The molecule has 0 radical (unpaired) electrons. The van der Waals surface area contributed by atoms with Crippen molar-refractivity contribution in [3.05, 3.63) is 27.0 Å². The van der Waals surface area contributed by atoms with Gasteiger partial charge in [-0.15, -0.1) is 0 Å². The predicted molar refractivity (Wildman–Crippen MR) is 75.4 cm³/mol. The summed E-state index contributed by atoms with van der Waals surface area (Å²) in [4.78, 5) is 24.0. The molecule has 6 heteroatoms. The highest BCUT2D eigenvalue weighted by Gasteiger charge is 2.12. The van der Waals surface area contributed by atoms with E-state index in [2.05, 4.69) is 0 Å². The number of hydrogen-bond acceptors (Lipinski definition) is 4. The lowest BCUT2D eigenvalue weighted by molar-refractivity contribution is -0.00761. The summed E-state index contributed by atoms with van der Waals surface area (Å²) in [5, 5.41) is 0. The van der Waals surface area contributed by atoms with Crippen LogP contribution in [0.2, 0.25) is 0 Å². The minimum Gasteiger partial charge on any atom is -0.393 e. The Balaban J connectivity index is 2.99. The van der Waals surface area contributed by atoms with Crippen LogP contribution in [0.25, 0.3) is 0 Å². The number of ether oxygens (including phenoxy) is 1. The van der Waals surface area contributed by atoms with E-state index in [1.807, 2.05) is 27.7 Å². The van der Waals surface area contributed by atoms with E-state index >= 15 is 0 Å². The lowest BCUT2D eigenvalue weighted by Crippen LogP contribution is -2.42. The largest absolute Gasteiger partial charge is 0.393 e. The third-order valence-corrected chi connectivity index (χ3v) is 2.58. The molecule has 19 heavy (non-hydrogen) atoms. The highest BCUT2D eigenvalue weighted by Crippen LogP contribution is 2.05. The summed E-state index contributed by atoms with van der Waals surface area (Å²) in [5.41, 5.74) is 4.65. The van der Waals surface area contributed by atoms with Crippen LogP contribution >= 0.6 is 0 Å². The molecule has 2 N–H and O–H groups in total. The molecule has 1 aromatic rings. The van der Waals surface area contributed by atoms with E-state index in [0.717, 1.165) is 11.0 Å². The molecule has 0 aromatic carbocycles. The smallest absolute Gasteiger partial charge is 0.331 e. The van der Waals surface area contributed by atoms with Crippen LogP contribution in [0.3, 0.4) is 0 Å². The minimum atomic E-state index is -0.449. The molecule has 6 nitrogen and oxygen atoms in total. The van der Waals surface area contributed by atoms with Gasteiger partial charge in [0.2, 0.25) is 0 Å². The topological polar surface area (TPSA) is 79.2 Å². The van der Waals surface area contributed by atoms with E-state index in [1.165, 1.54) is 10.8 Å². The highest BCUT2D eigenvalue weighted by molar-refractivity contribution is 5.30. The van der Waals surface area contributed by atoms with Crippen molar-refractivity contribution >= 4 is 5.69 Å². The van der Waals surface area contributed by atoms with Gasteiger partial charge >= 0.3 is 5.69 Å². The standard InChI is InChI=1S/C13H23N3O3/c1-5-6-15-9-10(14)11(17)16(12(15)18)7-8-19-13(2,3)4/h9H,5-8,14H2,1-4H3. The zero-order valence-corrected chi connectivity index (χ0v) is 12.1. The zero-order chi connectivity index (χ0) is 14.6. The second-order valence-corrected chi connectivity index (χ2v) is 5.48. The third-order valence-electron chi connectivity index (χ3n) is 2.58. The van der Waals surface area contributed by atoms with Crippen LogP contribution in [0.5, 0.6) is 0 Å². The fourth-order valence-corrected chi connectivity index (χ4v) is 1.72. The molecule has 0 unspecified atom stereocenters. The molecule has 0 aliphatic rings. The van der Waals surface area contributed by atoms with Gasteiger partial charge in [0.25, 0.3) is 5.56 Å². The molecule has 0 atom stereocenters. The van der Waals surface area contributed by atoms with Gasteiger partial charge in [0.05, 0.1) is 18.8 Å². The lowest BCUT2D eigenvalue weighted by Gasteiger charge is -2.20. The summed E-state index contributed by atoms with van der Waals surface area (Å²) in [6.07, 6.45) is 2.21. The minimum absolute atomic E-state index is 0.0869. The van der Waals surface area contributed by atoms with Crippen molar-refractivity contribution in [1.82, 2.24) is 9.13 Å². The second-order valence-electron chi connectivity index (χ2n) is 5.48. The molecular weight excluding hydrogens is 246 g/mol. The summed E-state index contributed by atoms with van der Waals surface area (Å²) in [5.74, 6) is 0. The Labute approximate surface area is 112 Å². The molecule has 108 valence electrons. The Kier molecular flexibility index (Phi) is 4.94. The molecule has 1 rings (SSSR count). The average molecular weight is 269 g/mol. The number of aryl methyl sites for hydroxylation is 1. The molecule has 0 aliphatic heterocycles. The summed E-state index contributed by atoms with van der Waals surface area (Å²) in [6, 6.07) is 0. The predicted octanol–water partition coefficient (Wildman–Crippen LogP) is 0.817. The fourth-order valence-electron chi connectivity index (χ4n) is 1.72. The quantitative estimate of drug-likeness (QED) is 0.858. The van der Waals surface area contributed by atoms with Crippen molar-refractivity contribution in [2.75, 3.05) is 12.3 Å². The van der Waals surface area contributed by atoms with E-state index in [4.69, 9.17) is 10.5 Å². The maximum absolute atomic E-state index is 12.1. The van der Waals surface area contributed by atoms with Crippen molar-refractivity contribution in [3.8, 4) is 0 Å². The number of nitrogens with zero attached hydrogens (tertiary/aromatic N) is 2. The first kappa shape index (κ1) is 15.5. The van der Waals surface area contributed by atoms with Gasteiger partial charge in [0.15, 0.2) is 0 Å². The van der Waals surface area contributed by atoms with Crippen molar-refractivity contribution in [3.63, 3.8) is 0 Å². The maximum atomic E-state index is 12.1. The molecule has 0 saturated heterocycles. The Morgan fingerprint density at radius 3 is 2.42 bits per heavy atom. The molecule has 0 aliphatic carbocycles. The number of nitrogen functional groups attached to an aromatic ring is 1. The number of aromatic nitrogens is 2. The molecule has 0 amide bonds. The second kappa shape index (κ2) is 6.06. The van der Waals surface area contributed by atoms with Gasteiger partial charge in [-0.05, 0) is 27.2 Å². The molecule has 1 aromatic heterocycles. The molecule has 1 heterocycles. The van der Waals surface area contributed by atoms with Crippen LogP contribution in [0.15, 0.2) is 15.8 Å². The van der Waals surface area contributed by atoms with Gasteiger partial charge in [0.1, 0.15) is 5.69 Å². The Bertz CT molecular complexity index is 538. The van der Waals surface area contributed by atoms with Crippen LogP contribution in [0.1, 0.15) is 34.1 Å². The fraction of sp³-hybridized carbons (Fsp3) is 0.692. The summed E-state index contributed by atoms with van der Waals surface area (Å²) in [6.45, 7) is 8.78. The van der Waals surface area contributed by atoms with Crippen molar-refractivity contribution in [1.29, 1.82) is 0 Å². The Hall–Kier alpha value is -1.56. The molecular formula is C13H23N3O3. The monoisotopic (exact) mass is 269 g/mol. The van der Waals surface area contributed by atoms with Crippen LogP contribution in [-0.2, 0) is 17.8 Å². The van der Waals surface area contributed by atoms with Gasteiger partial charge in [-0.1, -0.05) is 6.92 Å². The average Bonchev–Trinajstić information content (AvgIpc) is 2.29. The van der Waals surface area contributed by atoms with E-state index < -0.39 is 5.56 Å². The van der Waals surface area contributed by atoms with Gasteiger partial charge in [0, 0.05) is 12.7 Å². The number of nitrogens with two attached hydrogens (primary N) is 1. The lowest BCUT2D eigenvalue weighted by atomic mass is 10.2. The first-order chi connectivity index (χ1) is 8.76. The van der Waals surface area contributed by atoms with Crippen LogP contribution in [0, 0.1) is 0 Å². The molecule has 0 spiro atoms. The number of rotatable bonds is 5. The van der Waals surface area contributed by atoms with Crippen molar-refractivity contribution < 1.29 is 4.74 Å². The van der Waals surface area contributed by atoms with Crippen LogP contribution < -0.4 is 17.0 Å². The number of hydrogen-bond donors (Lipinski definition) is 1. The van der Waals surface area contributed by atoms with Gasteiger partial charge in [-0.3, -0.25) is 13.9 Å². The Morgan fingerprint density at radius 1 is 1.26 bits per heavy atom. The van der Waals surface area contributed by atoms with E-state index in [0.29, 0.717) is 13.2 Å². The first-order valence-electron chi connectivity index (χ1n) is 6.50. The SMILES string of the molecule is CCCn1cc(N)c(=O)n(CCOC(C)(C)C)c1=O. The van der Waals surface area contributed by atoms with Crippen LogP contribution in [-0.4, -0.2) is 21.3 Å². The van der Waals surface area contributed by atoms with Crippen molar-refractivity contribution in [2.24, 2.45) is 0 Å². The van der Waals surface area contributed by atoms with Gasteiger partial charge in [-0.2, -0.15) is 0 Å². The molecule has 0 fully saturated rings. The van der Waals surface area contributed by atoms with E-state index in [-0.39, 0.29) is 23.5 Å². The normalized spacial score (nSPS) is 11.8.